The van der Waals surface area contributed by atoms with Crippen molar-refractivity contribution in [2.45, 2.75) is 40.5 Å². The normalized spacial score (nSPS) is 13.2. The zero-order chi connectivity index (χ0) is 13.8. The molecule has 0 fully saturated rings. The van der Waals surface area contributed by atoms with E-state index in [1.54, 1.807) is 0 Å². The molecule has 0 aliphatic heterocycles. The molecule has 0 saturated heterocycles. The SMILES string of the molecule is CC(CC(=O)Nc1ccc(Br)cc1)CC(C)(C)C. The van der Waals surface area contributed by atoms with E-state index in [2.05, 4.69) is 48.9 Å². The van der Waals surface area contributed by atoms with E-state index in [0.29, 0.717) is 12.3 Å². The molecule has 1 amide bonds. The van der Waals surface area contributed by atoms with Gasteiger partial charge in [0.05, 0.1) is 0 Å². The van der Waals surface area contributed by atoms with Crippen LogP contribution in [-0.2, 0) is 4.79 Å². The minimum Gasteiger partial charge on any atom is -0.326 e. The summed E-state index contributed by atoms with van der Waals surface area (Å²) in [5, 5.41) is 2.93. The van der Waals surface area contributed by atoms with Gasteiger partial charge in [-0.1, -0.05) is 43.6 Å². The van der Waals surface area contributed by atoms with Gasteiger partial charge in [-0.15, -0.1) is 0 Å². The number of carbonyl (C=O) groups is 1. The Hall–Kier alpha value is -0.830. The Labute approximate surface area is 118 Å². The standard InChI is InChI=1S/C15H22BrNO/c1-11(10-15(2,3)4)9-14(18)17-13-7-5-12(16)6-8-13/h5-8,11H,9-10H2,1-4H3,(H,17,18). The highest BCUT2D eigenvalue weighted by Crippen LogP contribution is 2.26. The number of carbonyl (C=O) groups excluding carboxylic acids is 1. The molecule has 1 aromatic carbocycles. The van der Waals surface area contributed by atoms with Crippen molar-refractivity contribution >= 4 is 27.5 Å². The second kappa shape index (κ2) is 6.37. The summed E-state index contributed by atoms with van der Waals surface area (Å²) in [7, 11) is 0. The van der Waals surface area contributed by atoms with Crippen molar-refractivity contribution in [3.05, 3.63) is 28.7 Å². The first-order valence-corrected chi connectivity index (χ1v) is 7.11. The Morgan fingerprint density at radius 2 is 1.83 bits per heavy atom. The van der Waals surface area contributed by atoms with Gasteiger partial charge in [0.1, 0.15) is 0 Å². The van der Waals surface area contributed by atoms with E-state index in [1.165, 1.54) is 0 Å². The van der Waals surface area contributed by atoms with E-state index in [1.807, 2.05) is 24.3 Å². The Morgan fingerprint density at radius 1 is 1.28 bits per heavy atom. The van der Waals surface area contributed by atoms with E-state index < -0.39 is 0 Å². The quantitative estimate of drug-likeness (QED) is 0.846. The maximum absolute atomic E-state index is 11.9. The fourth-order valence-corrected chi connectivity index (χ4v) is 2.44. The number of rotatable bonds is 4. The summed E-state index contributed by atoms with van der Waals surface area (Å²) in [5.74, 6) is 0.495. The maximum atomic E-state index is 11.9. The Bertz CT molecular complexity index is 392. The van der Waals surface area contributed by atoms with Gasteiger partial charge < -0.3 is 5.32 Å². The van der Waals surface area contributed by atoms with Crippen LogP contribution in [0.15, 0.2) is 28.7 Å². The van der Waals surface area contributed by atoms with Gasteiger partial charge in [-0.25, -0.2) is 0 Å². The van der Waals surface area contributed by atoms with Crippen molar-refractivity contribution in [3.8, 4) is 0 Å². The van der Waals surface area contributed by atoms with Crippen LogP contribution in [-0.4, -0.2) is 5.91 Å². The number of nitrogens with one attached hydrogen (secondary N) is 1. The van der Waals surface area contributed by atoms with E-state index in [4.69, 9.17) is 0 Å². The molecule has 0 aromatic heterocycles. The summed E-state index contributed by atoms with van der Waals surface area (Å²) in [6, 6.07) is 7.65. The molecule has 0 saturated carbocycles. The lowest BCUT2D eigenvalue weighted by molar-refractivity contribution is -0.117. The summed E-state index contributed by atoms with van der Waals surface area (Å²) in [6.07, 6.45) is 1.63. The van der Waals surface area contributed by atoms with Gasteiger partial charge in [0.2, 0.25) is 5.91 Å². The van der Waals surface area contributed by atoms with Crippen LogP contribution in [0.2, 0.25) is 0 Å². The highest BCUT2D eigenvalue weighted by Gasteiger charge is 2.17. The first-order chi connectivity index (χ1) is 8.26. The van der Waals surface area contributed by atoms with Crippen LogP contribution < -0.4 is 5.32 Å². The molecular weight excluding hydrogens is 290 g/mol. The minimum absolute atomic E-state index is 0.0917. The van der Waals surface area contributed by atoms with Crippen molar-refractivity contribution in [2.75, 3.05) is 5.32 Å². The average molecular weight is 312 g/mol. The fraction of sp³-hybridized carbons (Fsp3) is 0.533. The molecule has 1 N–H and O–H groups in total. The molecule has 0 aliphatic carbocycles. The van der Waals surface area contributed by atoms with Crippen molar-refractivity contribution in [1.29, 1.82) is 0 Å². The zero-order valence-electron chi connectivity index (χ0n) is 11.6. The Balaban J connectivity index is 2.44. The molecule has 1 atom stereocenters. The smallest absolute Gasteiger partial charge is 0.224 e. The molecule has 2 nitrogen and oxygen atoms in total. The zero-order valence-corrected chi connectivity index (χ0v) is 13.2. The fourth-order valence-electron chi connectivity index (χ4n) is 2.18. The first kappa shape index (κ1) is 15.2. The predicted molar refractivity (Wildman–Crippen MR) is 80.6 cm³/mol. The number of halogens is 1. The van der Waals surface area contributed by atoms with Gasteiger partial charge in [-0.05, 0) is 42.0 Å². The molecule has 0 aliphatic rings. The van der Waals surface area contributed by atoms with Gasteiger partial charge >= 0.3 is 0 Å². The number of benzene rings is 1. The predicted octanol–water partition coefficient (Wildman–Crippen LogP) is 4.85. The molecule has 1 aromatic rings. The summed E-state index contributed by atoms with van der Waals surface area (Å²) < 4.78 is 1.02. The van der Waals surface area contributed by atoms with E-state index >= 15 is 0 Å². The monoisotopic (exact) mass is 311 g/mol. The molecule has 0 radical (unpaired) electrons. The van der Waals surface area contributed by atoms with Gasteiger partial charge in [-0.3, -0.25) is 4.79 Å². The highest BCUT2D eigenvalue weighted by molar-refractivity contribution is 9.10. The van der Waals surface area contributed by atoms with Gasteiger partial charge in [0.25, 0.3) is 0 Å². The lowest BCUT2D eigenvalue weighted by Gasteiger charge is -2.22. The second-order valence-corrected chi connectivity index (χ2v) is 7.04. The highest BCUT2D eigenvalue weighted by atomic mass is 79.9. The van der Waals surface area contributed by atoms with Gasteiger partial charge in [-0.2, -0.15) is 0 Å². The molecule has 0 heterocycles. The van der Waals surface area contributed by atoms with Crippen molar-refractivity contribution < 1.29 is 4.79 Å². The van der Waals surface area contributed by atoms with Crippen molar-refractivity contribution in [3.63, 3.8) is 0 Å². The summed E-state index contributed by atoms with van der Waals surface area (Å²) in [6.45, 7) is 8.74. The first-order valence-electron chi connectivity index (χ1n) is 6.32. The molecular formula is C15H22BrNO. The summed E-state index contributed by atoms with van der Waals surface area (Å²) in [5.41, 5.74) is 1.13. The molecule has 0 spiro atoms. The molecule has 1 rings (SSSR count). The average Bonchev–Trinajstić information content (AvgIpc) is 2.18. The lowest BCUT2D eigenvalue weighted by Crippen LogP contribution is -2.18. The van der Waals surface area contributed by atoms with E-state index in [9.17, 15) is 4.79 Å². The third-order valence-electron chi connectivity index (χ3n) is 2.62. The topological polar surface area (TPSA) is 29.1 Å². The third-order valence-corrected chi connectivity index (χ3v) is 3.15. The van der Waals surface area contributed by atoms with E-state index in [0.717, 1.165) is 16.6 Å². The molecule has 1 unspecified atom stereocenters. The minimum atomic E-state index is 0.0917. The van der Waals surface area contributed by atoms with Crippen LogP contribution in [0, 0.1) is 11.3 Å². The number of amides is 1. The molecule has 100 valence electrons. The molecule has 0 bridgehead atoms. The van der Waals surface area contributed by atoms with Crippen molar-refractivity contribution in [2.24, 2.45) is 11.3 Å². The van der Waals surface area contributed by atoms with Crippen LogP contribution in [0.3, 0.4) is 0 Å². The maximum Gasteiger partial charge on any atom is 0.224 e. The molecule has 18 heavy (non-hydrogen) atoms. The van der Waals surface area contributed by atoms with E-state index in [-0.39, 0.29) is 11.3 Å². The van der Waals surface area contributed by atoms with Crippen LogP contribution in [0.1, 0.15) is 40.5 Å². The summed E-state index contributed by atoms with van der Waals surface area (Å²) >= 11 is 3.37. The molecule has 3 heteroatoms. The van der Waals surface area contributed by atoms with Crippen LogP contribution in [0.5, 0.6) is 0 Å². The third kappa shape index (κ3) is 6.20. The number of hydrogen-bond donors (Lipinski definition) is 1. The Kier molecular flexibility index (Phi) is 5.39. The van der Waals surface area contributed by atoms with Crippen LogP contribution >= 0.6 is 15.9 Å². The number of anilines is 1. The Morgan fingerprint density at radius 3 is 2.33 bits per heavy atom. The van der Waals surface area contributed by atoms with Gasteiger partial charge in [0, 0.05) is 16.6 Å². The largest absolute Gasteiger partial charge is 0.326 e. The van der Waals surface area contributed by atoms with Crippen LogP contribution in [0.25, 0.3) is 0 Å². The number of hydrogen-bond acceptors (Lipinski definition) is 1. The summed E-state index contributed by atoms with van der Waals surface area (Å²) in [4.78, 5) is 11.9. The second-order valence-electron chi connectivity index (χ2n) is 6.13. The van der Waals surface area contributed by atoms with Gasteiger partial charge in [0.15, 0.2) is 0 Å². The lowest BCUT2D eigenvalue weighted by atomic mass is 9.84. The van der Waals surface area contributed by atoms with Crippen molar-refractivity contribution in [1.82, 2.24) is 0 Å². The van der Waals surface area contributed by atoms with Crippen LogP contribution in [0.4, 0.5) is 5.69 Å².